The fourth-order valence-electron chi connectivity index (χ4n) is 3.42. The molecule has 1 aromatic heterocycles. The molecule has 0 radical (unpaired) electrons. The lowest BCUT2D eigenvalue weighted by atomic mass is 10.00. The summed E-state index contributed by atoms with van der Waals surface area (Å²) in [6.07, 6.45) is 1.83. The van der Waals surface area contributed by atoms with Crippen molar-refractivity contribution in [3.8, 4) is 5.69 Å². The van der Waals surface area contributed by atoms with Gasteiger partial charge in [0, 0.05) is 16.1 Å². The molecule has 0 amide bonds. The molecule has 2 aromatic carbocycles. The summed E-state index contributed by atoms with van der Waals surface area (Å²) in [6, 6.07) is 12.3. The topological polar surface area (TPSA) is 39.4 Å². The molecule has 0 saturated carbocycles. The number of rotatable bonds is 4. The number of aromatic nitrogens is 2. The molecule has 0 N–H and O–H groups in total. The second-order valence-electron chi connectivity index (χ2n) is 9.36. The van der Waals surface area contributed by atoms with E-state index in [1.54, 1.807) is 12.1 Å². The molecule has 0 spiro atoms. The maximum Gasteiger partial charge on any atom is 0.192 e. The van der Waals surface area contributed by atoms with Crippen LogP contribution in [0.4, 0.5) is 4.39 Å². The van der Waals surface area contributed by atoms with Crippen LogP contribution in [0.3, 0.4) is 0 Å². The summed E-state index contributed by atoms with van der Waals surface area (Å²) < 4.78 is 23.2. The van der Waals surface area contributed by atoms with Gasteiger partial charge in [-0.2, -0.15) is 0 Å². The summed E-state index contributed by atoms with van der Waals surface area (Å²) in [7, 11) is -1.95. The van der Waals surface area contributed by atoms with E-state index in [4.69, 9.17) is 21.0 Å². The molecule has 0 aliphatic carbocycles. The molecule has 4 nitrogen and oxygen atoms in total. The van der Waals surface area contributed by atoms with Crippen LogP contribution in [0.15, 0.2) is 53.7 Å². The zero-order valence-corrected chi connectivity index (χ0v) is 20.3. The molecule has 3 aromatic rings. The zero-order chi connectivity index (χ0) is 22.4. The van der Waals surface area contributed by atoms with Crippen molar-refractivity contribution in [2.45, 2.75) is 52.1 Å². The fraction of sp³-hybridized carbons (Fsp3) is 0.333. The SMILES string of the molecule is CC(C)(C)[Si](C)(C)OCc1ncc2n1-c1ccc(Cl)cc1C(c1ccccc1F)=NC2. The Morgan fingerprint density at radius 2 is 1.87 bits per heavy atom. The molecular weight excluding hydrogens is 429 g/mol. The largest absolute Gasteiger partial charge is 0.409 e. The second kappa shape index (κ2) is 8.00. The van der Waals surface area contributed by atoms with Crippen LogP contribution in [0.2, 0.25) is 23.2 Å². The highest BCUT2D eigenvalue weighted by Crippen LogP contribution is 2.37. The second-order valence-corrected chi connectivity index (χ2v) is 14.6. The standard InChI is InChI=1S/C24H27ClFN3OSi/c1-24(2,3)31(4,5)30-15-22-27-13-17-14-28-23(18-8-6-7-9-20(18)26)19-12-16(25)10-11-21(19)29(17)22/h6-13H,14-15H2,1-5H3. The van der Waals surface area contributed by atoms with Crippen molar-refractivity contribution < 1.29 is 8.82 Å². The van der Waals surface area contributed by atoms with E-state index in [1.807, 2.05) is 30.5 Å². The first-order valence-electron chi connectivity index (χ1n) is 10.4. The Kier molecular flexibility index (Phi) is 5.66. The van der Waals surface area contributed by atoms with Crippen LogP contribution in [-0.2, 0) is 17.6 Å². The molecule has 1 aliphatic heterocycles. The summed E-state index contributed by atoms with van der Waals surface area (Å²) in [5.41, 5.74) is 3.65. The summed E-state index contributed by atoms with van der Waals surface area (Å²) in [4.78, 5) is 9.41. The third kappa shape index (κ3) is 4.12. The number of hydrogen-bond acceptors (Lipinski definition) is 3. The first kappa shape index (κ1) is 21.9. The molecule has 0 bridgehead atoms. The molecule has 162 valence electrons. The first-order chi connectivity index (χ1) is 14.6. The minimum Gasteiger partial charge on any atom is -0.409 e. The van der Waals surface area contributed by atoms with Gasteiger partial charge >= 0.3 is 0 Å². The number of imidazole rings is 1. The van der Waals surface area contributed by atoms with Gasteiger partial charge in [0.25, 0.3) is 0 Å². The quantitative estimate of drug-likeness (QED) is 0.419. The van der Waals surface area contributed by atoms with Gasteiger partial charge in [0.15, 0.2) is 8.32 Å². The maximum absolute atomic E-state index is 14.7. The van der Waals surface area contributed by atoms with Gasteiger partial charge in [-0.1, -0.05) is 44.5 Å². The Morgan fingerprint density at radius 3 is 2.58 bits per heavy atom. The molecule has 2 heterocycles. The Labute approximate surface area is 188 Å². The van der Waals surface area contributed by atoms with Crippen molar-refractivity contribution in [1.29, 1.82) is 0 Å². The molecule has 4 rings (SSSR count). The average molecular weight is 456 g/mol. The molecule has 7 heteroatoms. The predicted octanol–water partition coefficient (Wildman–Crippen LogP) is 6.54. The van der Waals surface area contributed by atoms with E-state index in [1.165, 1.54) is 6.07 Å². The van der Waals surface area contributed by atoms with Crippen LogP contribution in [0.1, 0.15) is 43.4 Å². The molecule has 0 unspecified atom stereocenters. The van der Waals surface area contributed by atoms with Gasteiger partial charge in [-0.25, -0.2) is 9.37 Å². The van der Waals surface area contributed by atoms with Crippen molar-refractivity contribution in [2.75, 3.05) is 0 Å². The molecule has 1 aliphatic rings. The van der Waals surface area contributed by atoms with Gasteiger partial charge < -0.3 is 4.43 Å². The van der Waals surface area contributed by atoms with Crippen molar-refractivity contribution >= 4 is 25.6 Å². The van der Waals surface area contributed by atoms with E-state index in [0.717, 1.165) is 22.8 Å². The highest BCUT2D eigenvalue weighted by atomic mass is 35.5. The number of benzene rings is 2. The van der Waals surface area contributed by atoms with Gasteiger partial charge in [0.05, 0.1) is 36.4 Å². The molecule has 0 atom stereocenters. The summed E-state index contributed by atoms with van der Waals surface area (Å²) in [5.74, 6) is 0.506. The third-order valence-corrected chi connectivity index (χ3v) is 11.0. The van der Waals surface area contributed by atoms with Crippen LogP contribution in [0.5, 0.6) is 0 Å². The van der Waals surface area contributed by atoms with Crippen LogP contribution in [0, 0.1) is 5.82 Å². The van der Waals surface area contributed by atoms with Crippen molar-refractivity contribution in [2.24, 2.45) is 4.99 Å². The van der Waals surface area contributed by atoms with Crippen LogP contribution >= 0.6 is 11.6 Å². The van der Waals surface area contributed by atoms with Crippen LogP contribution in [-0.4, -0.2) is 23.6 Å². The van der Waals surface area contributed by atoms with Crippen LogP contribution < -0.4 is 0 Å². The molecule has 0 saturated heterocycles. The van der Waals surface area contributed by atoms with Gasteiger partial charge in [0.1, 0.15) is 11.6 Å². The van der Waals surface area contributed by atoms with E-state index >= 15 is 0 Å². The van der Waals surface area contributed by atoms with E-state index < -0.39 is 8.32 Å². The maximum atomic E-state index is 14.7. The number of fused-ring (bicyclic) bond motifs is 3. The Morgan fingerprint density at radius 1 is 1.13 bits per heavy atom. The lowest BCUT2D eigenvalue weighted by Gasteiger charge is -2.36. The minimum absolute atomic E-state index is 0.105. The third-order valence-electron chi connectivity index (χ3n) is 6.26. The Balaban J connectivity index is 1.80. The predicted molar refractivity (Wildman–Crippen MR) is 126 cm³/mol. The van der Waals surface area contributed by atoms with Gasteiger partial charge in [-0.3, -0.25) is 9.56 Å². The normalized spacial score (nSPS) is 14.0. The van der Waals surface area contributed by atoms with Gasteiger partial charge in [0.2, 0.25) is 0 Å². The molecular formula is C24H27ClFN3OSi. The highest BCUT2D eigenvalue weighted by Gasteiger charge is 2.37. The highest BCUT2D eigenvalue weighted by molar-refractivity contribution is 6.74. The van der Waals surface area contributed by atoms with Crippen molar-refractivity contribution in [1.82, 2.24) is 9.55 Å². The molecule has 0 fully saturated rings. The van der Waals surface area contributed by atoms with E-state index in [2.05, 4.69) is 43.4 Å². The number of aliphatic imine (C=N–C) groups is 1. The first-order valence-corrected chi connectivity index (χ1v) is 13.7. The smallest absolute Gasteiger partial charge is 0.192 e. The van der Waals surface area contributed by atoms with E-state index in [-0.39, 0.29) is 10.9 Å². The van der Waals surface area contributed by atoms with Crippen molar-refractivity contribution in [3.05, 3.63) is 82.1 Å². The summed E-state index contributed by atoms with van der Waals surface area (Å²) in [5, 5.41) is 0.679. The van der Waals surface area contributed by atoms with E-state index in [0.29, 0.717) is 29.4 Å². The molecule has 31 heavy (non-hydrogen) atoms. The number of halogens is 2. The number of nitrogens with zero attached hydrogens (tertiary/aromatic N) is 3. The van der Waals surface area contributed by atoms with E-state index in [9.17, 15) is 4.39 Å². The Bertz CT molecular complexity index is 1160. The number of hydrogen-bond donors (Lipinski definition) is 0. The average Bonchev–Trinajstić information content (AvgIpc) is 3.03. The summed E-state index contributed by atoms with van der Waals surface area (Å²) >= 11 is 6.34. The van der Waals surface area contributed by atoms with Gasteiger partial charge in [-0.05, 0) is 48.5 Å². The fourth-order valence-corrected chi connectivity index (χ4v) is 4.52. The summed E-state index contributed by atoms with van der Waals surface area (Å²) in [6.45, 7) is 11.9. The van der Waals surface area contributed by atoms with Gasteiger partial charge in [-0.15, -0.1) is 0 Å². The zero-order valence-electron chi connectivity index (χ0n) is 18.5. The van der Waals surface area contributed by atoms with Crippen LogP contribution in [0.25, 0.3) is 5.69 Å². The monoisotopic (exact) mass is 455 g/mol. The lowest BCUT2D eigenvalue weighted by molar-refractivity contribution is 0.265. The minimum atomic E-state index is -1.95. The van der Waals surface area contributed by atoms with Crippen molar-refractivity contribution in [3.63, 3.8) is 0 Å². The lowest BCUT2D eigenvalue weighted by Crippen LogP contribution is -2.40. The Hall–Kier alpha value is -2.28.